The first-order valence-corrected chi connectivity index (χ1v) is 12.3. The molecule has 0 aliphatic carbocycles. The highest BCUT2D eigenvalue weighted by molar-refractivity contribution is 5.78. The summed E-state index contributed by atoms with van der Waals surface area (Å²) in [6.45, 7) is 3.96. The molecule has 0 spiro atoms. The van der Waals surface area contributed by atoms with Gasteiger partial charge in [-0.1, -0.05) is 55.5 Å². The van der Waals surface area contributed by atoms with Crippen molar-refractivity contribution in [1.82, 2.24) is 19.4 Å². The number of carbonyl (C=O) groups excluding carboxylic acids is 2. The highest BCUT2D eigenvalue weighted by Crippen LogP contribution is 2.27. The fraction of sp³-hybridized carbons (Fsp3) is 0.393. The second kappa shape index (κ2) is 11.7. The summed E-state index contributed by atoms with van der Waals surface area (Å²) in [5, 5.41) is 0. The lowest BCUT2D eigenvalue weighted by Gasteiger charge is -2.39. The molecule has 0 radical (unpaired) electrons. The zero-order chi connectivity index (χ0) is 24.6. The van der Waals surface area contributed by atoms with Gasteiger partial charge in [-0.05, 0) is 17.7 Å². The molecule has 3 aromatic rings. The number of piperidine rings is 1. The van der Waals surface area contributed by atoms with Crippen LogP contribution in [0.15, 0.2) is 73.1 Å². The van der Waals surface area contributed by atoms with Crippen molar-refractivity contribution in [1.29, 1.82) is 0 Å². The van der Waals surface area contributed by atoms with Crippen molar-refractivity contribution in [3.05, 3.63) is 84.4 Å². The van der Waals surface area contributed by atoms with Crippen LogP contribution in [-0.4, -0.2) is 57.4 Å². The normalized spacial score (nSPS) is 17.7. The molecule has 0 bridgehead atoms. The molecule has 7 nitrogen and oxygen atoms in total. The number of benzene rings is 2. The smallest absolute Gasteiger partial charge is 0.242 e. The van der Waals surface area contributed by atoms with Gasteiger partial charge in [0.15, 0.2) is 0 Å². The molecule has 2 heterocycles. The van der Waals surface area contributed by atoms with Crippen molar-refractivity contribution in [2.75, 3.05) is 20.1 Å². The number of ether oxygens (including phenoxy) is 1. The highest BCUT2D eigenvalue weighted by Gasteiger charge is 2.35. The Morgan fingerprint density at radius 2 is 1.80 bits per heavy atom. The molecule has 2 aromatic carbocycles. The van der Waals surface area contributed by atoms with E-state index in [2.05, 4.69) is 4.98 Å². The van der Waals surface area contributed by atoms with E-state index in [0.29, 0.717) is 32.5 Å². The van der Waals surface area contributed by atoms with Gasteiger partial charge in [0, 0.05) is 64.3 Å². The summed E-state index contributed by atoms with van der Waals surface area (Å²) >= 11 is 0. The molecule has 1 aromatic heterocycles. The van der Waals surface area contributed by atoms with Gasteiger partial charge in [-0.2, -0.15) is 0 Å². The van der Waals surface area contributed by atoms with Crippen LogP contribution in [0.4, 0.5) is 0 Å². The molecule has 4 rings (SSSR count). The number of hydrogen-bond acceptors (Lipinski definition) is 4. The maximum absolute atomic E-state index is 13.2. The van der Waals surface area contributed by atoms with Gasteiger partial charge in [0.05, 0.1) is 0 Å². The molecule has 1 aliphatic rings. The maximum atomic E-state index is 13.2. The largest absolute Gasteiger partial charge is 0.490 e. The molecule has 35 heavy (non-hydrogen) atoms. The number of rotatable bonds is 9. The summed E-state index contributed by atoms with van der Waals surface area (Å²) in [6, 6.07) is 19.7. The van der Waals surface area contributed by atoms with Gasteiger partial charge >= 0.3 is 0 Å². The van der Waals surface area contributed by atoms with Crippen LogP contribution in [0.3, 0.4) is 0 Å². The van der Waals surface area contributed by atoms with E-state index in [1.165, 1.54) is 0 Å². The quantitative estimate of drug-likeness (QED) is 0.473. The van der Waals surface area contributed by atoms with Crippen molar-refractivity contribution in [2.45, 2.75) is 45.4 Å². The number of likely N-dealkylation sites (tertiary alicyclic amines) is 1. The number of aryl methyl sites for hydroxylation is 1. The number of nitrogens with zero attached hydrogens (tertiary/aromatic N) is 4. The van der Waals surface area contributed by atoms with Crippen LogP contribution in [0.1, 0.15) is 31.2 Å². The lowest BCUT2D eigenvalue weighted by atomic mass is 9.90. The molecule has 2 amide bonds. The third-order valence-corrected chi connectivity index (χ3v) is 6.60. The molecule has 0 saturated carbocycles. The predicted octanol–water partition coefficient (Wildman–Crippen LogP) is 3.79. The molecule has 0 N–H and O–H groups in total. The van der Waals surface area contributed by atoms with E-state index in [0.717, 1.165) is 23.6 Å². The first-order valence-electron chi connectivity index (χ1n) is 12.3. The first-order chi connectivity index (χ1) is 17.0. The Labute approximate surface area is 207 Å². The van der Waals surface area contributed by atoms with E-state index in [9.17, 15) is 9.59 Å². The van der Waals surface area contributed by atoms with Gasteiger partial charge in [-0.3, -0.25) is 9.59 Å². The van der Waals surface area contributed by atoms with Crippen molar-refractivity contribution < 1.29 is 14.3 Å². The second-order valence-corrected chi connectivity index (χ2v) is 9.12. The minimum absolute atomic E-state index is 0.0472. The molecule has 1 fully saturated rings. The summed E-state index contributed by atoms with van der Waals surface area (Å²) < 4.78 is 8.22. The second-order valence-electron chi connectivity index (χ2n) is 9.12. The van der Waals surface area contributed by atoms with Crippen LogP contribution >= 0.6 is 0 Å². The average Bonchev–Trinajstić information content (AvgIpc) is 3.33. The Morgan fingerprint density at radius 1 is 1.09 bits per heavy atom. The van der Waals surface area contributed by atoms with Crippen LogP contribution in [-0.2, 0) is 29.1 Å². The summed E-state index contributed by atoms with van der Waals surface area (Å²) in [5.74, 6) is 1.70. The Hall–Kier alpha value is -3.61. The van der Waals surface area contributed by atoms with Crippen LogP contribution in [0.5, 0.6) is 5.75 Å². The molecule has 2 atom stereocenters. The lowest BCUT2D eigenvalue weighted by Crippen LogP contribution is -2.50. The molecule has 0 unspecified atom stereocenters. The zero-order valence-electron chi connectivity index (χ0n) is 20.5. The minimum atomic E-state index is -0.130. The molecule has 1 saturated heterocycles. The number of imidazole rings is 1. The Kier molecular flexibility index (Phi) is 8.19. The van der Waals surface area contributed by atoms with E-state index in [1.54, 1.807) is 11.1 Å². The standard InChI is InChI=1S/C28H34N4O3/c1-3-26-29-15-17-31(26)21-28(34)32-16-14-25(35-24-12-8-5-9-13-24)23(20-32)18-27(33)30(2)19-22-10-6-4-7-11-22/h4-13,15,17,23,25H,3,14,16,18-21H2,1-2H3/t23-,25-/m0/s1. The predicted molar refractivity (Wildman–Crippen MR) is 135 cm³/mol. The van der Waals surface area contributed by atoms with E-state index in [4.69, 9.17) is 4.74 Å². The van der Waals surface area contributed by atoms with Gasteiger partial charge in [-0.15, -0.1) is 0 Å². The Bertz CT molecular complexity index is 1100. The van der Waals surface area contributed by atoms with Gasteiger partial charge in [-0.25, -0.2) is 4.98 Å². The van der Waals surface area contributed by atoms with E-state index < -0.39 is 0 Å². The molecule has 1 aliphatic heterocycles. The van der Waals surface area contributed by atoms with Crippen LogP contribution < -0.4 is 4.74 Å². The molecular weight excluding hydrogens is 440 g/mol. The molecule has 7 heteroatoms. The van der Waals surface area contributed by atoms with E-state index in [-0.39, 0.29) is 30.4 Å². The summed E-state index contributed by atoms with van der Waals surface area (Å²) in [6.07, 6.45) is 5.24. The van der Waals surface area contributed by atoms with Crippen molar-refractivity contribution in [3.8, 4) is 5.75 Å². The summed E-state index contributed by atoms with van der Waals surface area (Å²) in [7, 11) is 1.83. The van der Waals surface area contributed by atoms with Crippen molar-refractivity contribution >= 4 is 11.8 Å². The summed E-state index contributed by atoms with van der Waals surface area (Å²) in [5.41, 5.74) is 1.09. The van der Waals surface area contributed by atoms with Gasteiger partial charge < -0.3 is 19.1 Å². The topological polar surface area (TPSA) is 67.7 Å². The van der Waals surface area contributed by atoms with Crippen molar-refractivity contribution in [2.24, 2.45) is 5.92 Å². The Balaban J connectivity index is 1.44. The SMILES string of the molecule is CCc1nccn1CC(=O)N1CC[C@H](Oc2ccccc2)[C@@H](CC(=O)N(C)Cc2ccccc2)C1. The van der Waals surface area contributed by atoms with Crippen molar-refractivity contribution in [3.63, 3.8) is 0 Å². The maximum Gasteiger partial charge on any atom is 0.242 e. The van der Waals surface area contributed by atoms with E-state index >= 15 is 0 Å². The number of aromatic nitrogens is 2. The Morgan fingerprint density at radius 3 is 2.51 bits per heavy atom. The van der Waals surface area contributed by atoms with E-state index in [1.807, 2.05) is 90.3 Å². The van der Waals surface area contributed by atoms with Crippen LogP contribution in [0, 0.1) is 5.92 Å². The molecule has 184 valence electrons. The fourth-order valence-corrected chi connectivity index (χ4v) is 4.63. The summed E-state index contributed by atoms with van der Waals surface area (Å²) in [4.78, 5) is 34.3. The van der Waals surface area contributed by atoms with Gasteiger partial charge in [0.25, 0.3) is 0 Å². The number of carbonyl (C=O) groups is 2. The highest BCUT2D eigenvalue weighted by atomic mass is 16.5. The molecular formula is C28H34N4O3. The van der Waals surface area contributed by atoms with Gasteiger partial charge in [0.1, 0.15) is 24.2 Å². The minimum Gasteiger partial charge on any atom is -0.490 e. The first kappa shape index (κ1) is 24.5. The van der Waals surface area contributed by atoms with Crippen LogP contribution in [0.25, 0.3) is 0 Å². The van der Waals surface area contributed by atoms with Gasteiger partial charge in [0.2, 0.25) is 11.8 Å². The monoisotopic (exact) mass is 474 g/mol. The number of amides is 2. The number of para-hydroxylation sites is 1. The third-order valence-electron chi connectivity index (χ3n) is 6.60. The fourth-order valence-electron chi connectivity index (χ4n) is 4.63. The third kappa shape index (κ3) is 6.50. The lowest BCUT2D eigenvalue weighted by molar-refractivity contribution is -0.139. The number of hydrogen-bond donors (Lipinski definition) is 0. The average molecular weight is 475 g/mol. The van der Waals surface area contributed by atoms with Crippen LogP contribution in [0.2, 0.25) is 0 Å². The zero-order valence-corrected chi connectivity index (χ0v) is 20.5.